The summed E-state index contributed by atoms with van der Waals surface area (Å²) < 4.78 is 1.95. The molecule has 1 saturated heterocycles. The van der Waals surface area contributed by atoms with Crippen molar-refractivity contribution < 1.29 is 5.11 Å². The second kappa shape index (κ2) is 10.2. The van der Waals surface area contributed by atoms with Gasteiger partial charge in [-0.25, -0.2) is 9.98 Å². The maximum atomic E-state index is 11.2. The van der Waals surface area contributed by atoms with Crippen LogP contribution in [0, 0.1) is 17.3 Å². The number of hydrogen-bond acceptors (Lipinski definition) is 7. The SMILES string of the molecule is CC(C)C(CC(C)C(C)(C)C)=Nc1nc(N2CCC(O)(Cc3ccncc3)CC2)nc2ncn(C)c12. The molecule has 194 valence electrons. The molecule has 0 bridgehead atoms. The third-order valence-electron chi connectivity index (χ3n) is 7.71. The Morgan fingerprint density at radius 1 is 1.11 bits per heavy atom. The van der Waals surface area contributed by atoms with Crippen LogP contribution in [0.25, 0.3) is 11.2 Å². The smallest absolute Gasteiger partial charge is 0.229 e. The number of rotatable bonds is 7. The molecule has 1 atom stereocenters. The first-order valence-electron chi connectivity index (χ1n) is 13.1. The first kappa shape index (κ1) is 26.2. The van der Waals surface area contributed by atoms with Crippen molar-refractivity contribution in [2.45, 2.75) is 72.8 Å². The van der Waals surface area contributed by atoms with Crippen molar-refractivity contribution in [1.82, 2.24) is 24.5 Å². The molecular weight excluding hydrogens is 450 g/mol. The van der Waals surface area contributed by atoms with Gasteiger partial charge in [0.05, 0.1) is 11.9 Å². The van der Waals surface area contributed by atoms with E-state index >= 15 is 0 Å². The summed E-state index contributed by atoms with van der Waals surface area (Å²) in [6.45, 7) is 14.9. The Morgan fingerprint density at radius 2 is 1.78 bits per heavy atom. The first-order valence-corrected chi connectivity index (χ1v) is 13.1. The molecule has 0 amide bonds. The van der Waals surface area contributed by atoms with Crippen molar-refractivity contribution in [3.8, 4) is 0 Å². The van der Waals surface area contributed by atoms with Crippen LogP contribution in [0.3, 0.4) is 0 Å². The highest BCUT2D eigenvalue weighted by molar-refractivity contribution is 5.92. The summed E-state index contributed by atoms with van der Waals surface area (Å²) >= 11 is 0. The lowest BCUT2D eigenvalue weighted by atomic mass is 9.78. The van der Waals surface area contributed by atoms with Gasteiger partial charge in [-0.05, 0) is 54.2 Å². The zero-order chi connectivity index (χ0) is 26.1. The lowest BCUT2D eigenvalue weighted by Crippen LogP contribution is -2.46. The summed E-state index contributed by atoms with van der Waals surface area (Å²) in [4.78, 5) is 25.6. The third kappa shape index (κ3) is 5.91. The summed E-state index contributed by atoms with van der Waals surface area (Å²) in [7, 11) is 1.96. The molecule has 1 N–H and O–H groups in total. The van der Waals surface area contributed by atoms with Crippen LogP contribution in [0.2, 0.25) is 0 Å². The van der Waals surface area contributed by atoms with E-state index in [-0.39, 0.29) is 5.41 Å². The molecule has 36 heavy (non-hydrogen) atoms. The van der Waals surface area contributed by atoms with Crippen LogP contribution in [0.15, 0.2) is 35.8 Å². The minimum absolute atomic E-state index is 0.204. The van der Waals surface area contributed by atoms with Gasteiger partial charge in [-0.2, -0.15) is 9.97 Å². The van der Waals surface area contributed by atoms with Crippen LogP contribution in [0.5, 0.6) is 0 Å². The average Bonchev–Trinajstić information content (AvgIpc) is 3.19. The van der Waals surface area contributed by atoms with Crippen LogP contribution < -0.4 is 4.90 Å². The predicted octanol–water partition coefficient (Wildman–Crippen LogP) is 5.13. The molecule has 1 fully saturated rings. The molecule has 3 aromatic heterocycles. The van der Waals surface area contributed by atoms with Crippen molar-refractivity contribution >= 4 is 28.6 Å². The number of aliphatic hydroxyl groups is 1. The second-order valence-electron chi connectivity index (χ2n) is 11.8. The molecule has 4 rings (SSSR count). The Kier molecular flexibility index (Phi) is 7.46. The molecule has 3 aromatic rings. The van der Waals surface area contributed by atoms with Gasteiger partial charge in [0.15, 0.2) is 11.5 Å². The zero-order valence-corrected chi connectivity index (χ0v) is 22.9. The molecule has 0 spiro atoms. The summed E-state index contributed by atoms with van der Waals surface area (Å²) in [5, 5.41) is 11.2. The predicted molar refractivity (Wildman–Crippen MR) is 146 cm³/mol. The Labute approximate surface area is 214 Å². The number of aryl methyl sites for hydroxylation is 1. The highest BCUT2D eigenvalue weighted by Crippen LogP contribution is 2.33. The van der Waals surface area contributed by atoms with E-state index in [2.05, 4.69) is 56.4 Å². The summed E-state index contributed by atoms with van der Waals surface area (Å²) in [5.41, 5.74) is 3.23. The number of piperidine rings is 1. The van der Waals surface area contributed by atoms with E-state index in [0.29, 0.717) is 61.6 Å². The van der Waals surface area contributed by atoms with Gasteiger partial charge < -0.3 is 14.6 Å². The van der Waals surface area contributed by atoms with E-state index in [1.807, 2.05) is 23.7 Å². The number of aliphatic imine (C=N–C) groups is 1. The van der Waals surface area contributed by atoms with Gasteiger partial charge in [-0.15, -0.1) is 0 Å². The Morgan fingerprint density at radius 3 is 2.39 bits per heavy atom. The zero-order valence-electron chi connectivity index (χ0n) is 22.9. The minimum atomic E-state index is -0.734. The van der Waals surface area contributed by atoms with E-state index in [1.165, 1.54) is 0 Å². The van der Waals surface area contributed by atoms with Crippen molar-refractivity contribution in [3.63, 3.8) is 0 Å². The fourth-order valence-corrected chi connectivity index (χ4v) is 4.59. The molecule has 0 radical (unpaired) electrons. The molecule has 1 aliphatic rings. The molecule has 0 aromatic carbocycles. The average molecular weight is 492 g/mol. The normalized spacial score (nSPS) is 17.7. The van der Waals surface area contributed by atoms with Gasteiger partial charge in [-0.3, -0.25) is 4.98 Å². The lowest BCUT2D eigenvalue weighted by molar-refractivity contribution is 0.0163. The van der Waals surface area contributed by atoms with Crippen molar-refractivity contribution in [2.75, 3.05) is 18.0 Å². The van der Waals surface area contributed by atoms with E-state index in [4.69, 9.17) is 15.0 Å². The van der Waals surface area contributed by atoms with Gasteiger partial charge in [-0.1, -0.05) is 41.5 Å². The van der Waals surface area contributed by atoms with Crippen LogP contribution in [0.4, 0.5) is 11.8 Å². The number of imidazole rings is 1. The van der Waals surface area contributed by atoms with Gasteiger partial charge in [0.2, 0.25) is 5.95 Å². The maximum Gasteiger partial charge on any atom is 0.229 e. The number of fused-ring (bicyclic) bond motifs is 1. The summed E-state index contributed by atoms with van der Waals surface area (Å²) in [6.07, 6.45) is 8.18. The molecule has 1 aliphatic heterocycles. The highest BCUT2D eigenvalue weighted by Gasteiger charge is 2.34. The van der Waals surface area contributed by atoms with E-state index in [0.717, 1.165) is 23.2 Å². The Balaban J connectivity index is 1.61. The Hall–Kier alpha value is -2.87. The number of aromatic nitrogens is 5. The van der Waals surface area contributed by atoms with Gasteiger partial charge in [0.25, 0.3) is 0 Å². The monoisotopic (exact) mass is 491 g/mol. The van der Waals surface area contributed by atoms with E-state index in [9.17, 15) is 5.11 Å². The molecule has 8 heteroatoms. The largest absolute Gasteiger partial charge is 0.389 e. The van der Waals surface area contributed by atoms with Crippen LogP contribution in [0.1, 0.15) is 66.4 Å². The maximum absolute atomic E-state index is 11.2. The van der Waals surface area contributed by atoms with Crippen molar-refractivity contribution in [2.24, 2.45) is 29.3 Å². The number of pyridine rings is 1. The van der Waals surface area contributed by atoms with E-state index < -0.39 is 5.60 Å². The molecular formula is C28H41N7O. The second-order valence-corrected chi connectivity index (χ2v) is 11.8. The summed E-state index contributed by atoms with van der Waals surface area (Å²) in [5.74, 6) is 2.12. The highest BCUT2D eigenvalue weighted by atomic mass is 16.3. The lowest BCUT2D eigenvalue weighted by Gasteiger charge is -2.38. The molecule has 0 aliphatic carbocycles. The summed E-state index contributed by atoms with van der Waals surface area (Å²) in [6, 6.07) is 3.94. The van der Waals surface area contributed by atoms with Gasteiger partial charge in [0.1, 0.15) is 5.52 Å². The van der Waals surface area contributed by atoms with Crippen LogP contribution >= 0.6 is 0 Å². The molecule has 4 heterocycles. The van der Waals surface area contributed by atoms with Gasteiger partial charge >= 0.3 is 0 Å². The number of anilines is 1. The molecule has 1 unspecified atom stereocenters. The standard InChI is InChI=1S/C28H41N7O/c1-19(2)22(16-20(3)27(4,5)6)31-25-23-24(30-18-34(23)7)32-26(33-25)35-14-10-28(36,11-15-35)17-21-8-12-29-13-9-21/h8-9,12-13,18-20,36H,10-11,14-17H2,1-7H3. The number of hydrogen-bond donors (Lipinski definition) is 1. The van der Waals surface area contributed by atoms with Crippen molar-refractivity contribution in [3.05, 3.63) is 36.4 Å². The quantitative estimate of drug-likeness (QED) is 0.461. The Bertz CT molecular complexity index is 1200. The van der Waals surface area contributed by atoms with Crippen LogP contribution in [-0.2, 0) is 13.5 Å². The third-order valence-corrected chi connectivity index (χ3v) is 7.71. The van der Waals surface area contributed by atoms with Crippen molar-refractivity contribution in [1.29, 1.82) is 0 Å². The van der Waals surface area contributed by atoms with Gasteiger partial charge in [0, 0.05) is 44.7 Å². The first-order chi connectivity index (χ1) is 16.9. The molecule has 8 nitrogen and oxygen atoms in total. The molecule has 0 saturated carbocycles. The van der Waals surface area contributed by atoms with Crippen LogP contribution in [-0.4, -0.2) is 54.0 Å². The van der Waals surface area contributed by atoms with E-state index in [1.54, 1.807) is 18.7 Å². The fourth-order valence-electron chi connectivity index (χ4n) is 4.59. The topological polar surface area (TPSA) is 92.3 Å². The number of nitrogens with zero attached hydrogens (tertiary/aromatic N) is 7. The minimum Gasteiger partial charge on any atom is -0.389 e. The fraction of sp³-hybridized carbons (Fsp3) is 0.607.